The number of aryl methyl sites for hydroxylation is 1. The second kappa shape index (κ2) is 5.08. The number of aliphatic hydroxyl groups is 1. The van der Waals surface area contributed by atoms with Crippen molar-refractivity contribution >= 4 is 11.1 Å². The van der Waals surface area contributed by atoms with Gasteiger partial charge in [-0.2, -0.15) is 0 Å². The van der Waals surface area contributed by atoms with Crippen molar-refractivity contribution in [3.05, 3.63) is 29.7 Å². The molecule has 1 aromatic heterocycles. The van der Waals surface area contributed by atoms with Gasteiger partial charge in [0.25, 0.3) is 0 Å². The van der Waals surface area contributed by atoms with E-state index in [-0.39, 0.29) is 12.0 Å². The number of benzene rings is 1. The second-order valence-electron chi connectivity index (χ2n) is 5.20. The first-order valence-corrected chi connectivity index (χ1v) is 6.22. The van der Waals surface area contributed by atoms with E-state index >= 15 is 0 Å². The molecule has 2 aromatic rings. The van der Waals surface area contributed by atoms with Gasteiger partial charge in [0.2, 0.25) is 0 Å². The van der Waals surface area contributed by atoms with Gasteiger partial charge in [0.15, 0.2) is 11.5 Å². The third kappa shape index (κ3) is 2.71. The van der Waals surface area contributed by atoms with Crippen molar-refractivity contribution in [2.24, 2.45) is 0 Å². The fourth-order valence-corrected chi connectivity index (χ4v) is 2.04. The molecule has 0 aliphatic rings. The molecule has 0 aliphatic carbocycles. The standard InChI is InChI=1S/C14H20N2O2/c1-10-16-12-5-4-11(8-13(12)18-10)14(2,3)9-15-6-7-17/h4-5,8,15,17H,6-7,9H2,1-3H3. The van der Waals surface area contributed by atoms with Crippen LogP contribution in [0, 0.1) is 6.92 Å². The van der Waals surface area contributed by atoms with Crippen LogP contribution in [-0.4, -0.2) is 29.8 Å². The minimum Gasteiger partial charge on any atom is -0.441 e. The third-order valence-electron chi connectivity index (χ3n) is 3.13. The predicted octanol–water partition coefficient (Wildman–Crippen LogP) is 2.00. The Bertz CT molecular complexity index is 532. The average molecular weight is 248 g/mol. The largest absolute Gasteiger partial charge is 0.441 e. The van der Waals surface area contributed by atoms with Gasteiger partial charge in [-0.05, 0) is 17.7 Å². The van der Waals surface area contributed by atoms with Crippen LogP contribution in [0.2, 0.25) is 0 Å². The van der Waals surface area contributed by atoms with Crippen molar-refractivity contribution in [3.8, 4) is 0 Å². The first-order valence-electron chi connectivity index (χ1n) is 6.22. The van der Waals surface area contributed by atoms with Crippen LogP contribution in [0.4, 0.5) is 0 Å². The fraction of sp³-hybridized carbons (Fsp3) is 0.500. The van der Waals surface area contributed by atoms with Crippen molar-refractivity contribution in [2.75, 3.05) is 19.7 Å². The number of nitrogens with zero attached hydrogens (tertiary/aromatic N) is 1. The molecule has 2 N–H and O–H groups in total. The Labute approximate surface area is 107 Å². The minimum absolute atomic E-state index is 0.00987. The van der Waals surface area contributed by atoms with E-state index in [1.807, 2.05) is 13.0 Å². The summed E-state index contributed by atoms with van der Waals surface area (Å²) in [5.41, 5.74) is 2.93. The van der Waals surface area contributed by atoms with E-state index in [0.29, 0.717) is 12.4 Å². The zero-order valence-electron chi connectivity index (χ0n) is 11.2. The molecule has 1 heterocycles. The Morgan fingerprint density at radius 3 is 2.89 bits per heavy atom. The summed E-state index contributed by atoms with van der Waals surface area (Å²) in [4.78, 5) is 4.30. The van der Waals surface area contributed by atoms with E-state index in [4.69, 9.17) is 9.52 Å². The topological polar surface area (TPSA) is 58.3 Å². The van der Waals surface area contributed by atoms with Gasteiger partial charge in [-0.1, -0.05) is 19.9 Å². The molecule has 0 saturated carbocycles. The molecule has 0 atom stereocenters. The monoisotopic (exact) mass is 248 g/mol. The van der Waals surface area contributed by atoms with Gasteiger partial charge in [0.05, 0.1) is 6.61 Å². The molecule has 0 aliphatic heterocycles. The third-order valence-corrected chi connectivity index (χ3v) is 3.13. The van der Waals surface area contributed by atoms with E-state index in [1.54, 1.807) is 0 Å². The molecule has 2 rings (SSSR count). The van der Waals surface area contributed by atoms with Crippen LogP contribution >= 0.6 is 0 Å². The van der Waals surface area contributed by atoms with E-state index < -0.39 is 0 Å². The SMILES string of the molecule is Cc1nc2ccc(C(C)(C)CNCCO)cc2o1. The maximum Gasteiger partial charge on any atom is 0.192 e. The van der Waals surface area contributed by atoms with Gasteiger partial charge >= 0.3 is 0 Å². The average Bonchev–Trinajstić information content (AvgIpc) is 2.68. The summed E-state index contributed by atoms with van der Waals surface area (Å²) in [6.07, 6.45) is 0. The Kier molecular flexibility index (Phi) is 3.68. The smallest absolute Gasteiger partial charge is 0.192 e. The van der Waals surface area contributed by atoms with Crippen LogP contribution in [0.1, 0.15) is 25.3 Å². The van der Waals surface area contributed by atoms with Crippen molar-refractivity contribution in [1.29, 1.82) is 0 Å². The number of aromatic nitrogens is 1. The maximum absolute atomic E-state index is 8.79. The molecule has 0 amide bonds. The summed E-state index contributed by atoms with van der Waals surface area (Å²) in [5.74, 6) is 0.693. The number of rotatable bonds is 5. The van der Waals surface area contributed by atoms with Gasteiger partial charge in [0.1, 0.15) is 5.52 Å². The molecule has 0 saturated heterocycles. The quantitative estimate of drug-likeness (QED) is 0.795. The molecule has 1 aromatic carbocycles. The van der Waals surface area contributed by atoms with E-state index in [9.17, 15) is 0 Å². The Morgan fingerprint density at radius 2 is 2.17 bits per heavy atom. The lowest BCUT2D eigenvalue weighted by Crippen LogP contribution is -2.34. The summed E-state index contributed by atoms with van der Waals surface area (Å²) in [6, 6.07) is 6.13. The normalized spacial score (nSPS) is 12.2. The van der Waals surface area contributed by atoms with Crippen LogP contribution in [0.3, 0.4) is 0 Å². The summed E-state index contributed by atoms with van der Waals surface area (Å²) < 4.78 is 5.56. The zero-order valence-corrected chi connectivity index (χ0v) is 11.2. The lowest BCUT2D eigenvalue weighted by atomic mass is 9.84. The summed E-state index contributed by atoms with van der Waals surface area (Å²) >= 11 is 0. The van der Waals surface area contributed by atoms with Crippen LogP contribution in [0.15, 0.2) is 22.6 Å². The number of fused-ring (bicyclic) bond motifs is 1. The van der Waals surface area contributed by atoms with Crippen molar-refractivity contribution < 1.29 is 9.52 Å². The molecule has 18 heavy (non-hydrogen) atoms. The van der Waals surface area contributed by atoms with Gasteiger partial charge in [-0.3, -0.25) is 0 Å². The Balaban J connectivity index is 2.23. The van der Waals surface area contributed by atoms with Gasteiger partial charge in [-0.25, -0.2) is 4.98 Å². The molecule has 4 heteroatoms. The Hall–Kier alpha value is -1.39. The molecular formula is C14H20N2O2. The lowest BCUT2D eigenvalue weighted by Gasteiger charge is -2.25. The first-order chi connectivity index (χ1) is 8.53. The fourth-order valence-electron chi connectivity index (χ4n) is 2.04. The van der Waals surface area contributed by atoms with Crippen molar-refractivity contribution in [1.82, 2.24) is 10.3 Å². The highest BCUT2D eigenvalue weighted by Crippen LogP contribution is 2.26. The van der Waals surface area contributed by atoms with Crippen LogP contribution in [-0.2, 0) is 5.41 Å². The van der Waals surface area contributed by atoms with Crippen molar-refractivity contribution in [2.45, 2.75) is 26.2 Å². The number of hydrogen-bond acceptors (Lipinski definition) is 4. The zero-order chi connectivity index (χ0) is 13.2. The lowest BCUT2D eigenvalue weighted by molar-refractivity contribution is 0.286. The summed E-state index contributed by atoms with van der Waals surface area (Å²) in [6.45, 7) is 7.78. The molecule has 0 radical (unpaired) electrons. The number of nitrogens with one attached hydrogen (secondary N) is 1. The molecule has 0 unspecified atom stereocenters. The van der Waals surface area contributed by atoms with Gasteiger partial charge in [-0.15, -0.1) is 0 Å². The molecule has 0 bridgehead atoms. The maximum atomic E-state index is 8.79. The van der Waals surface area contributed by atoms with Crippen molar-refractivity contribution in [3.63, 3.8) is 0 Å². The number of aliphatic hydroxyl groups excluding tert-OH is 1. The van der Waals surface area contributed by atoms with Gasteiger partial charge < -0.3 is 14.8 Å². The van der Waals surface area contributed by atoms with E-state index in [1.165, 1.54) is 5.56 Å². The highest BCUT2D eigenvalue weighted by molar-refractivity contribution is 5.73. The summed E-state index contributed by atoms with van der Waals surface area (Å²) in [7, 11) is 0. The molecule has 0 spiro atoms. The first kappa shape index (κ1) is 13.1. The van der Waals surface area contributed by atoms with Gasteiger partial charge in [0, 0.05) is 25.4 Å². The predicted molar refractivity (Wildman–Crippen MR) is 71.7 cm³/mol. The number of hydrogen-bond donors (Lipinski definition) is 2. The highest BCUT2D eigenvalue weighted by Gasteiger charge is 2.21. The molecular weight excluding hydrogens is 228 g/mol. The molecule has 4 nitrogen and oxygen atoms in total. The van der Waals surface area contributed by atoms with Crippen LogP contribution in [0.5, 0.6) is 0 Å². The summed E-state index contributed by atoms with van der Waals surface area (Å²) in [5, 5.41) is 12.0. The van der Waals surface area contributed by atoms with E-state index in [2.05, 4.69) is 36.3 Å². The van der Waals surface area contributed by atoms with E-state index in [0.717, 1.165) is 17.6 Å². The molecule has 0 fully saturated rings. The highest BCUT2D eigenvalue weighted by atomic mass is 16.3. The second-order valence-corrected chi connectivity index (χ2v) is 5.20. The Morgan fingerprint density at radius 1 is 1.39 bits per heavy atom. The number of oxazole rings is 1. The van der Waals surface area contributed by atoms with Crippen LogP contribution < -0.4 is 5.32 Å². The molecule has 98 valence electrons. The minimum atomic E-state index is -0.00987. The van der Waals surface area contributed by atoms with Crippen LogP contribution in [0.25, 0.3) is 11.1 Å².